The predicted octanol–water partition coefficient (Wildman–Crippen LogP) is 3.39. The fourth-order valence-electron chi connectivity index (χ4n) is 2.90. The number of nitro groups is 1. The lowest BCUT2D eigenvalue weighted by Crippen LogP contribution is -2.33. The van der Waals surface area contributed by atoms with Crippen molar-refractivity contribution in [3.8, 4) is 5.75 Å². The second kappa shape index (κ2) is 8.31. The van der Waals surface area contributed by atoms with E-state index >= 15 is 0 Å². The van der Waals surface area contributed by atoms with Crippen molar-refractivity contribution < 1.29 is 36.4 Å². The van der Waals surface area contributed by atoms with Crippen LogP contribution in [0.15, 0.2) is 18.2 Å². The number of alkyl halides is 5. The van der Waals surface area contributed by atoms with Gasteiger partial charge >= 0.3 is 6.18 Å². The highest BCUT2D eigenvalue weighted by Gasteiger charge is 2.34. The smallest absolute Gasteiger partial charge is 0.422 e. The molecular weight excluding hydrogens is 435 g/mol. The number of nitrogens with zero attached hydrogens (tertiary/aromatic N) is 4. The van der Waals surface area contributed by atoms with E-state index in [4.69, 9.17) is 0 Å². The zero-order valence-corrected chi connectivity index (χ0v) is 15.7. The molecule has 0 aliphatic carbocycles. The number of aromatic nitrogens is 3. The Labute approximate surface area is 170 Å². The van der Waals surface area contributed by atoms with Crippen LogP contribution in [-0.4, -0.2) is 50.8 Å². The van der Waals surface area contributed by atoms with Crippen molar-refractivity contribution in [3.05, 3.63) is 34.1 Å². The van der Waals surface area contributed by atoms with Crippen molar-refractivity contribution in [2.45, 2.75) is 38.0 Å². The lowest BCUT2D eigenvalue weighted by Gasteiger charge is -2.28. The number of nitro benzene ring substituents is 1. The first kappa shape index (κ1) is 22.2. The maximum absolute atomic E-state index is 13.3. The fourth-order valence-corrected chi connectivity index (χ4v) is 2.90. The molecule has 15 heteroatoms. The lowest BCUT2D eigenvalue weighted by atomic mass is 10.1. The lowest BCUT2D eigenvalue weighted by molar-refractivity contribution is -0.384. The molecule has 31 heavy (non-hydrogen) atoms. The van der Waals surface area contributed by atoms with Crippen LogP contribution in [-0.2, 0) is 0 Å². The molecule has 10 nitrogen and oxygen atoms in total. The molecule has 0 radical (unpaired) electrons. The molecule has 2 aromatic rings. The summed E-state index contributed by atoms with van der Waals surface area (Å²) in [5.41, 5.74) is -0.906. The van der Waals surface area contributed by atoms with Crippen molar-refractivity contribution >= 4 is 23.2 Å². The van der Waals surface area contributed by atoms with Gasteiger partial charge in [-0.15, -0.1) is 5.10 Å². The molecule has 3 rings (SSSR count). The van der Waals surface area contributed by atoms with E-state index in [-0.39, 0.29) is 24.1 Å². The van der Waals surface area contributed by atoms with Gasteiger partial charge in [0.05, 0.1) is 16.7 Å². The number of hydrogen-bond acceptors (Lipinski definition) is 7. The quantitative estimate of drug-likeness (QED) is 0.393. The van der Waals surface area contributed by atoms with Gasteiger partial charge in [0.1, 0.15) is 11.8 Å². The molecule has 0 bridgehead atoms. The monoisotopic (exact) mass is 450 g/mol. The van der Waals surface area contributed by atoms with Crippen molar-refractivity contribution in [2.75, 3.05) is 17.2 Å². The summed E-state index contributed by atoms with van der Waals surface area (Å²) in [5.74, 6) is -2.08. The maximum atomic E-state index is 13.3. The molecule has 2 atom stereocenters. The first-order chi connectivity index (χ1) is 14.4. The first-order valence-electron chi connectivity index (χ1n) is 8.74. The van der Waals surface area contributed by atoms with Gasteiger partial charge in [-0.25, -0.2) is 13.5 Å². The second-order valence-electron chi connectivity index (χ2n) is 6.72. The van der Waals surface area contributed by atoms with E-state index in [9.17, 15) is 36.9 Å². The summed E-state index contributed by atoms with van der Waals surface area (Å²) in [6.45, 7) is -0.0470. The Balaban J connectivity index is 1.84. The van der Waals surface area contributed by atoms with Crippen LogP contribution in [0.3, 0.4) is 0 Å². The summed E-state index contributed by atoms with van der Waals surface area (Å²) in [7, 11) is 0. The molecule has 0 saturated carbocycles. The molecule has 0 saturated heterocycles. The third-order valence-corrected chi connectivity index (χ3v) is 4.17. The summed E-state index contributed by atoms with van der Waals surface area (Å²) in [5, 5.41) is 19.8. The Kier molecular flexibility index (Phi) is 5.94. The highest BCUT2D eigenvalue weighted by molar-refractivity contribution is 6.02. The molecule has 1 aromatic carbocycles. The number of amides is 1. The van der Waals surface area contributed by atoms with Crippen LogP contribution in [0.25, 0.3) is 0 Å². The van der Waals surface area contributed by atoms with Gasteiger partial charge in [0.2, 0.25) is 11.8 Å². The van der Waals surface area contributed by atoms with E-state index < -0.39 is 53.3 Å². The topological polar surface area (TPSA) is 124 Å². The molecule has 168 valence electrons. The molecule has 1 aliphatic heterocycles. The number of rotatable bonds is 6. The number of hydrogen-bond donors (Lipinski definition) is 2. The van der Waals surface area contributed by atoms with E-state index in [2.05, 4.69) is 25.5 Å². The van der Waals surface area contributed by atoms with E-state index in [0.717, 1.165) is 22.9 Å². The standard InChI is InChI=1S/C16H15F5N6O4/c1-7-2-11(12(17)18)26-15(22-7)24-13(25-26)14(28)23-8-3-9(27(29)30)5-10(4-8)31-6-16(19,20)21/h3-5,7,11-12H,2,6H2,1H3,(H,23,28)(H,22,24,25)/t7-,11-/m1/s1. The number of non-ortho nitro benzene ring substituents is 1. The highest BCUT2D eigenvalue weighted by atomic mass is 19.4. The van der Waals surface area contributed by atoms with Gasteiger partial charge in [0.15, 0.2) is 6.61 Å². The van der Waals surface area contributed by atoms with Gasteiger partial charge in [-0.3, -0.25) is 14.9 Å². The number of carbonyl (C=O) groups excluding carboxylic acids is 1. The van der Waals surface area contributed by atoms with Gasteiger partial charge in [0.25, 0.3) is 18.0 Å². The number of nitrogens with one attached hydrogen (secondary N) is 2. The minimum Gasteiger partial charge on any atom is -0.484 e. The molecule has 1 aromatic heterocycles. The molecule has 2 heterocycles. The van der Waals surface area contributed by atoms with Gasteiger partial charge in [0, 0.05) is 18.2 Å². The minimum atomic E-state index is -4.68. The molecular formula is C16H15F5N6O4. The van der Waals surface area contributed by atoms with Crippen LogP contribution in [0.2, 0.25) is 0 Å². The molecule has 0 fully saturated rings. The van der Waals surface area contributed by atoms with Gasteiger partial charge in [-0.2, -0.15) is 18.2 Å². The average molecular weight is 450 g/mol. The number of halogens is 5. The van der Waals surface area contributed by atoms with Crippen LogP contribution >= 0.6 is 0 Å². The Morgan fingerprint density at radius 2 is 2.13 bits per heavy atom. The van der Waals surface area contributed by atoms with E-state index in [1.807, 2.05) is 0 Å². The zero-order valence-electron chi connectivity index (χ0n) is 15.7. The molecule has 1 aliphatic rings. The Hall–Kier alpha value is -3.52. The van der Waals surface area contributed by atoms with Gasteiger partial charge < -0.3 is 15.4 Å². The fraction of sp³-hybridized carbons (Fsp3) is 0.438. The summed E-state index contributed by atoms with van der Waals surface area (Å²) < 4.78 is 69.0. The Morgan fingerprint density at radius 1 is 1.42 bits per heavy atom. The van der Waals surface area contributed by atoms with Crippen molar-refractivity contribution in [3.63, 3.8) is 0 Å². The molecule has 2 N–H and O–H groups in total. The second-order valence-corrected chi connectivity index (χ2v) is 6.72. The Bertz CT molecular complexity index is 995. The minimum absolute atomic E-state index is 0.0415. The number of fused-ring (bicyclic) bond motifs is 1. The predicted molar refractivity (Wildman–Crippen MR) is 95.4 cm³/mol. The van der Waals surface area contributed by atoms with E-state index in [1.54, 1.807) is 6.92 Å². The molecule has 0 unspecified atom stereocenters. The maximum Gasteiger partial charge on any atom is 0.422 e. The number of carbonyl (C=O) groups is 1. The summed E-state index contributed by atoms with van der Waals surface area (Å²) in [4.78, 5) is 26.5. The van der Waals surface area contributed by atoms with Gasteiger partial charge in [-0.05, 0) is 13.3 Å². The summed E-state index contributed by atoms with van der Waals surface area (Å²) >= 11 is 0. The number of ether oxygens (including phenoxy) is 1. The third-order valence-electron chi connectivity index (χ3n) is 4.17. The number of benzene rings is 1. The SMILES string of the molecule is C[C@@H]1C[C@H](C(F)F)n2nc(C(=O)Nc3cc(OCC(F)(F)F)cc([N+](=O)[O-])c3)nc2N1. The molecule has 0 spiro atoms. The normalized spacial score (nSPS) is 18.3. The van der Waals surface area contributed by atoms with Crippen molar-refractivity contribution in [2.24, 2.45) is 0 Å². The summed E-state index contributed by atoms with van der Waals surface area (Å²) in [6, 6.07) is 0.927. The van der Waals surface area contributed by atoms with E-state index in [0.29, 0.717) is 0 Å². The van der Waals surface area contributed by atoms with Crippen LogP contribution in [0.1, 0.15) is 30.0 Å². The largest absolute Gasteiger partial charge is 0.484 e. The van der Waals surface area contributed by atoms with Crippen LogP contribution in [0.4, 0.5) is 39.3 Å². The number of anilines is 2. The third kappa shape index (κ3) is 5.35. The van der Waals surface area contributed by atoms with E-state index in [1.165, 1.54) is 0 Å². The molecule has 1 amide bonds. The highest BCUT2D eigenvalue weighted by Crippen LogP contribution is 2.31. The Morgan fingerprint density at radius 3 is 2.74 bits per heavy atom. The van der Waals surface area contributed by atoms with Gasteiger partial charge in [-0.1, -0.05) is 0 Å². The summed E-state index contributed by atoms with van der Waals surface area (Å²) in [6.07, 6.45) is -7.40. The first-order valence-corrected chi connectivity index (χ1v) is 8.74. The van der Waals surface area contributed by atoms with Crippen molar-refractivity contribution in [1.82, 2.24) is 14.8 Å². The van der Waals surface area contributed by atoms with Crippen molar-refractivity contribution in [1.29, 1.82) is 0 Å². The van der Waals surface area contributed by atoms with Crippen LogP contribution < -0.4 is 15.4 Å². The average Bonchev–Trinajstić information content (AvgIpc) is 3.08. The zero-order chi connectivity index (χ0) is 22.9. The van der Waals surface area contributed by atoms with Crippen LogP contribution in [0.5, 0.6) is 5.75 Å². The van der Waals surface area contributed by atoms with Crippen LogP contribution in [0, 0.1) is 10.1 Å².